The van der Waals surface area contributed by atoms with Gasteiger partial charge in [-0.25, -0.2) is 0 Å². The lowest BCUT2D eigenvalue weighted by molar-refractivity contribution is 0.0993. The number of rotatable bonds is 2. The first kappa shape index (κ1) is 13.2. The van der Waals surface area contributed by atoms with E-state index in [-0.39, 0.29) is 5.91 Å². The van der Waals surface area contributed by atoms with Crippen LogP contribution in [0.3, 0.4) is 0 Å². The van der Waals surface area contributed by atoms with E-state index < -0.39 is 0 Å². The Morgan fingerprint density at radius 1 is 1.29 bits per heavy atom. The molecule has 1 heterocycles. The molecule has 0 fully saturated rings. The molecule has 0 unspecified atom stereocenters. The highest BCUT2D eigenvalue weighted by atomic mass is 16.2. The van der Waals surface area contributed by atoms with Crippen molar-refractivity contribution >= 4 is 17.3 Å². The first-order valence-electron chi connectivity index (χ1n) is 6.84. The third-order valence-corrected chi connectivity index (χ3v) is 3.76. The Labute approximate surface area is 123 Å². The van der Waals surface area contributed by atoms with Gasteiger partial charge in [0.2, 0.25) is 0 Å². The molecule has 0 saturated carbocycles. The van der Waals surface area contributed by atoms with Crippen molar-refractivity contribution in [3.8, 4) is 6.07 Å². The number of carbonyl (C=O) groups is 1. The van der Waals surface area contributed by atoms with Gasteiger partial charge in [0, 0.05) is 24.8 Å². The minimum absolute atomic E-state index is 0.116. The zero-order chi connectivity index (χ0) is 14.8. The van der Waals surface area contributed by atoms with Crippen LogP contribution in [0.15, 0.2) is 42.5 Å². The van der Waals surface area contributed by atoms with Crippen LogP contribution in [0.1, 0.15) is 21.5 Å². The molecule has 1 amide bonds. The van der Waals surface area contributed by atoms with Crippen molar-refractivity contribution in [2.45, 2.75) is 6.42 Å². The van der Waals surface area contributed by atoms with E-state index >= 15 is 0 Å². The number of hydrogen-bond acceptors (Lipinski definition) is 3. The molecule has 0 spiro atoms. The topological polar surface area (TPSA) is 56.1 Å². The van der Waals surface area contributed by atoms with Crippen LogP contribution >= 0.6 is 0 Å². The molecule has 4 heteroatoms. The van der Waals surface area contributed by atoms with Crippen molar-refractivity contribution in [3.05, 3.63) is 59.2 Å². The van der Waals surface area contributed by atoms with Gasteiger partial charge in [-0.1, -0.05) is 18.2 Å². The second kappa shape index (κ2) is 5.29. The highest BCUT2D eigenvalue weighted by Gasteiger charge is 2.18. The van der Waals surface area contributed by atoms with Crippen LogP contribution in [0.5, 0.6) is 0 Å². The smallest absolute Gasteiger partial charge is 0.258 e. The summed E-state index contributed by atoms with van der Waals surface area (Å²) in [7, 11) is 1.69. The summed E-state index contributed by atoms with van der Waals surface area (Å²) in [6.07, 6.45) is 0.997. The van der Waals surface area contributed by atoms with Crippen molar-refractivity contribution < 1.29 is 4.79 Å². The van der Waals surface area contributed by atoms with E-state index in [1.54, 1.807) is 25.2 Å². The van der Waals surface area contributed by atoms with E-state index in [1.165, 1.54) is 10.5 Å². The molecule has 0 bridgehead atoms. The minimum Gasteiger partial charge on any atom is -0.384 e. The lowest BCUT2D eigenvalue weighted by Crippen LogP contribution is -2.27. The van der Waals surface area contributed by atoms with Gasteiger partial charge in [-0.2, -0.15) is 5.26 Å². The molecule has 4 nitrogen and oxygen atoms in total. The SMILES string of the molecule is CN(C(=O)c1ccc2c(c1)NCC2)c1ccccc1C#N. The summed E-state index contributed by atoms with van der Waals surface area (Å²) < 4.78 is 0. The molecule has 2 aromatic carbocycles. The highest BCUT2D eigenvalue weighted by Crippen LogP contribution is 2.25. The van der Waals surface area contributed by atoms with E-state index in [0.717, 1.165) is 18.7 Å². The Morgan fingerprint density at radius 3 is 2.90 bits per heavy atom. The fraction of sp³-hybridized carbons (Fsp3) is 0.176. The van der Waals surface area contributed by atoms with Crippen LogP contribution in [-0.2, 0) is 6.42 Å². The fourth-order valence-electron chi connectivity index (χ4n) is 2.59. The lowest BCUT2D eigenvalue weighted by atomic mass is 10.1. The predicted molar refractivity (Wildman–Crippen MR) is 82.5 cm³/mol. The van der Waals surface area contributed by atoms with Crippen LogP contribution in [0.25, 0.3) is 0 Å². The second-order valence-corrected chi connectivity index (χ2v) is 5.04. The van der Waals surface area contributed by atoms with Crippen LogP contribution in [0.2, 0.25) is 0 Å². The molecule has 0 saturated heterocycles. The summed E-state index contributed by atoms with van der Waals surface area (Å²) in [6, 6.07) is 14.9. The summed E-state index contributed by atoms with van der Waals surface area (Å²) >= 11 is 0. The summed E-state index contributed by atoms with van der Waals surface area (Å²) in [6.45, 7) is 0.917. The van der Waals surface area contributed by atoms with Crippen LogP contribution < -0.4 is 10.2 Å². The van der Waals surface area contributed by atoms with Gasteiger partial charge in [0.15, 0.2) is 0 Å². The number of benzene rings is 2. The van der Waals surface area contributed by atoms with Gasteiger partial charge in [-0.05, 0) is 36.2 Å². The Bertz CT molecular complexity index is 746. The molecular formula is C17H15N3O. The van der Waals surface area contributed by atoms with Crippen molar-refractivity contribution in [2.24, 2.45) is 0 Å². The van der Waals surface area contributed by atoms with E-state index in [9.17, 15) is 4.79 Å². The highest BCUT2D eigenvalue weighted by molar-refractivity contribution is 6.07. The van der Waals surface area contributed by atoms with Crippen molar-refractivity contribution in [1.82, 2.24) is 0 Å². The van der Waals surface area contributed by atoms with E-state index in [2.05, 4.69) is 11.4 Å². The average molecular weight is 277 g/mol. The molecule has 3 rings (SSSR count). The van der Waals surface area contributed by atoms with Crippen LogP contribution in [0.4, 0.5) is 11.4 Å². The molecule has 0 aliphatic carbocycles. The van der Waals surface area contributed by atoms with E-state index in [0.29, 0.717) is 16.8 Å². The van der Waals surface area contributed by atoms with Gasteiger partial charge < -0.3 is 10.2 Å². The summed E-state index contributed by atoms with van der Waals surface area (Å²) in [5, 5.41) is 12.4. The summed E-state index contributed by atoms with van der Waals surface area (Å²) in [5.74, 6) is -0.116. The standard InChI is InChI=1S/C17H15N3O/c1-20(16-5-3-2-4-14(16)11-18)17(21)13-7-6-12-8-9-19-15(12)10-13/h2-7,10,19H,8-9H2,1H3. The fourth-order valence-corrected chi connectivity index (χ4v) is 2.59. The molecular weight excluding hydrogens is 262 g/mol. The monoisotopic (exact) mass is 277 g/mol. The largest absolute Gasteiger partial charge is 0.384 e. The van der Waals surface area contributed by atoms with Crippen LogP contribution in [-0.4, -0.2) is 19.5 Å². The van der Waals surface area contributed by atoms with Gasteiger partial charge in [0.05, 0.1) is 11.3 Å². The van der Waals surface area contributed by atoms with Crippen molar-refractivity contribution in [2.75, 3.05) is 23.8 Å². The Balaban J connectivity index is 1.93. The lowest BCUT2D eigenvalue weighted by Gasteiger charge is -2.19. The molecule has 0 radical (unpaired) electrons. The maximum Gasteiger partial charge on any atom is 0.258 e. The van der Waals surface area contributed by atoms with Gasteiger partial charge in [0.1, 0.15) is 6.07 Å². The predicted octanol–water partition coefficient (Wildman–Crippen LogP) is 2.80. The molecule has 21 heavy (non-hydrogen) atoms. The molecule has 1 aliphatic rings. The van der Waals surface area contributed by atoms with Gasteiger partial charge in [-0.15, -0.1) is 0 Å². The van der Waals surface area contributed by atoms with Crippen molar-refractivity contribution in [1.29, 1.82) is 5.26 Å². The van der Waals surface area contributed by atoms with Gasteiger partial charge in [-0.3, -0.25) is 4.79 Å². The molecule has 1 aliphatic heterocycles. The molecule has 2 aromatic rings. The maximum atomic E-state index is 12.6. The second-order valence-electron chi connectivity index (χ2n) is 5.04. The first-order chi connectivity index (χ1) is 10.2. The number of nitrogens with zero attached hydrogens (tertiary/aromatic N) is 2. The molecule has 0 aromatic heterocycles. The minimum atomic E-state index is -0.116. The average Bonchev–Trinajstić information content (AvgIpc) is 3.00. The first-order valence-corrected chi connectivity index (χ1v) is 6.84. The van der Waals surface area contributed by atoms with Gasteiger partial charge in [0.25, 0.3) is 5.91 Å². The van der Waals surface area contributed by atoms with Crippen LogP contribution in [0, 0.1) is 11.3 Å². The molecule has 104 valence electrons. The zero-order valence-electron chi connectivity index (χ0n) is 11.8. The number of para-hydroxylation sites is 1. The quantitative estimate of drug-likeness (QED) is 0.918. The van der Waals surface area contributed by atoms with E-state index in [4.69, 9.17) is 5.26 Å². The number of carbonyl (C=O) groups excluding carboxylic acids is 1. The normalized spacial score (nSPS) is 12.2. The third-order valence-electron chi connectivity index (χ3n) is 3.76. The number of amides is 1. The number of anilines is 2. The number of nitrogens with one attached hydrogen (secondary N) is 1. The third kappa shape index (κ3) is 2.34. The summed E-state index contributed by atoms with van der Waals surface area (Å²) in [5.41, 5.74) is 4.01. The maximum absolute atomic E-state index is 12.6. The Kier molecular flexibility index (Phi) is 3.33. The molecule has 0 atom stereocenters. The molecule has 1 N–H and O–H groups in total. The Morgan fingerprint density at radius 2 is 2.10 bits per heavy atom. The number of hydrogen-bond donors (Lipinski definition) is 1. The van der Waals surface area contributed by atoms with Gasteiger partial charge >= 0.3 is 0 Å². The number of nitriles is 1. The number of fused-ring (bicyclic) bond motifs is 1. The summed E-state index contributed by atoms with van der Waals surface area (Å²) in [4.78, 5) is 14.1. The Hall–Kier alpha value is -2.80. The van der Waals surface area contributed by atoms with E-state index in [1.807, 2.05) is 24.3 Å². The van der Waals surface area contributed by atoms with Crippen molar-refractivity contribution in [3.63, 3.8) is 0 Å². The zero-order valence-corrected chi connectivity index (χ0v) is 11.8.